The van der Waals surface area contributed by atoms with Crippen LogP contribution in [0.4, 0.5) is 5.82 Å². The second kappa shape index (κ2) is 5.39. The molecule has 1 aliphatic rings. The first-order chi connectivity index (χ1) is 9.86. The van der Waals surface area contributed by atoms with Crippen molar-refractivity contribution in [3.8, 4) is 0 Å². The molecule has 1 unspecified atom stereocenters. The molecule has 112 valence electrons. The lowest BCUT2D eigenvalue weighted by molar-refractivity contribution is -0.139. The normalized spacial score (nSPS) is 17.1. The minimum atomic E-state index is -1.34. The second-order valence-corrected chi connectivity index (χ2v) is 4.60. The number of anilines is 1. The lowest BCUT2D eigenvalue weighted by Crippen LogP contribution is -2.37. The number of carboxylic acid groups (broad SMARTS) is 1. The van der Waals surface area contributed by atoms with Gasteiger partial charge >= 0.3 is 11.9 Å². The number of nitrogens with zero attached hydrogens (tertiary/aromatic N) is 1. The summed E-state index contributed by atoms with van der Waals surface area (Å²) in [5, 5.41) is 11.3. The molecule has 2 rings (SSSR count). The Labute approximate surface area is 119 Å². The number of esters is 1. The van der Waals surface area contributed by atoms with Gasteiger partial charge in [0.15, 0.2) is 5.78 Å². The molecule has 0 spiro atoms. The molecule has 1 aromatic rings. The minimum Gasteiger partial charge on any atom is -0.481 e. The Kier molecular flexibility index (Phi) is 3.79. The van der Waals surface area contributed by atoms with E-state index >= 15 is 0 Å². The van der Waals surface area contributed by atoms with Crippen LogP contribution in [-0.2, 0) is 21.4 Å². The number of rotatable bonds is 4. The standard InChI is InChI=1S/C13H14N2O6/c1-3-21-13(20)7-5-15(2)11-9(7)10(18)6(4-8(16)17)12(19)14-11/h5-6H,3-4H2,1-2H3,(H,14,19)(H,16,17). The zero-order chi connectivity index (χ0) is 15.7. The van der Waals surface area contributed by atoms with Gasteiger partial charge in [-0.3, -0.25) is 14.4 Å². The Morgan fingerprint density at radius 1 is 1.43 bits per heavy atom. The SMILES string of the molecule is CCOC(=O)c1cn(C)c2c1C(=O)C(CC(=O)O)C(=O)N2. The summed E-state index contributed by atoms with van der Waals surface area (Å²) in [6.07, 6.45) is 0.755. The fraction of sp³-hybridized carbons (Fsp3) is 0.385. The van der Waals surface area contributed by atoms with Gasteiger partial charge in [0.2, 0.25) is 5.91 Å². The summed E-state index contributed by atoms with van der Waals surface area (Å²) < 4.78 is 6.29. The largest absolute Gasteiger partial charge is 0.481 e. The summed E-state index contributed by atoms with van der Waals surface area (Å²) in [4.78, 5) is 46.8. The Morgan fingerprint density at radius 2 is 2.10 bits per heavy atom. The van der Waals surface area contributed by atoms with E-state index < -0.39 is 36.0 Å². The summed E-state index contributed by atoms with van der Waals surface area (Å²) in [5.74, 6) is -4.49. The first-order valence-corrected chi connectivity index (χ1v) is 6.30. The molecule has 1 aliphatic heterocycles. The average molecular weight is 294 g/mol. The van der Waals surface area contributed by atoms with E-state index in [0.29, 0.717) is 0 Å². The third-order valence-corrected chi connectivity index (χ3v) is 3.18. The van der Waals surface area contributed by atoms with Crippen molar-refractivity contribution in [2.45, 2.75) is 13.3 Å². The number of carbonyl (C=O) groups excluding carboxylic acids is 3. The predicted molar refractivity (Wildman–Crippen MR) is 70.1 cm³/mol. The van der Waals surface area contributed by atoms with Crippen LogP contribution in [0.25, 0.3) is 0 Å². The van der Waals surface area contributed by atoms with Crippen LogP contribution < -0.4 is 5.32 Å². The highest BCUT2D eigenvalue weighted by Crippen LogP contribution is 2.31. The van der Waals surface area contributed by atoms with Gasteiger partial charge in [0, 0.05) is 13.2 Å². The third kappa shape index (κ3) is 2.51. The Balaban J connectivity index is 2.48. The van der Waals surface area contributed by atoms with E-state index in [1.54, 1.807) is 14.0 Å². The van der Waals surface area contributed by atoms with Crippen LogP contribution in [0.1, 0.15) is 34.1 Å². The molecule has 2 N–H and O–H groups in total. The highest BCUT2D eigenvalue weighted by molar-refractivity contribution is 6.24. The van der Waals surface area contributed by atoms with Crippen molar-refractivity contribution < 1.29 is 29.0 Å². The molecule has 0 aliphatic carbocycles. The fourth-order valence-corrected chi connectivity index (χ4v) is 2.25. The van der Waals surface area contributed by atoms with Crippen molar-refractivity contribution in [1.82, 2.24) is 4.57 Å². The van der Waals surface area contributed by atoms with Gasteiger partial charge in [-0.05, 0) is 6.92 Å². The van der Waals surface area contributed by atoms with E-state index in [2.05, 4.69) is 5.32 Å². The topological polar surface area (TPSA) is 115 Å². The molecule has 0 saturated carbocycles. The summed E-state index contributed by atoms with van der Waals surface area (Å²) in [5.41, 5.74) is 0.0246. The van der Waals surface area contributed by atoms with Gasteiger partial charge in [0.1, 0.15) is 11.7 Å². The number of hydrogen-bond acceptors (Lipinski definition) is 5. The van der Waals surface area contributed by atoms with Crippen LogP contribution >= 0.6 is 0 Å². The van der Waals surface area contributed by atoms with Crippen molar-refractivity contribution in [3.05, 3.63) is 17.3 Å². The van der Waals surface area contributed by atoms with Crippen LogP contribution in [0.3, 0.4) is 0 Å². The van der Waals surface area contributed by atoms with Crippen LogP contribution in [0.15, 0.2) is 6.20 Å². The average Bonchev–Trinajstić information content (AvgIpc) is 2.72. The third-order valence-electron chi connectivity index (χ3n) is 3.18. The second-order valence-electron chi connectivity index (χ2n) is 4.60. The van der Waals surface area contributed by atoms with Gasteiger partial charge in [-0.15, -0.1) is 0 Å². The number of aromatic nitrogens is 1. The molecular weight excluding hydrogens is 280 g/mol. The van der Waals surface area contributed by atoms with E-state index in [4.69, 9.17) is 9.84 Å². The number of hydrogen-bond donors (Lipinski definition) is 2. The molecule has 0 radical (unpaired) electrons. The number of aliphatic carboxylic acids is 1. The first kappa shape index (κ1) is 14.8. The lowest BCUT2D eigenvalue weighted by Gasteiger charge is -2.21. The molecule has 0 fully saturated rings. The van der Waals surface area contributed by atoms with Crippen LogP contribution in [-0.4, -0.2) is 39.9 Å². The maximum Gasteiger partial charge on any atom is 0.340 e. The maximum absolute atomic E-state index is 12.4. The monoisotopic (exact) mass is 294 g/mol. The van der Waals surface area contributed by atoms with Gasteiger partial charge in [-0.1, -0.05) is 0 Å². The van der Waals surface area contributed by atoms with E-state index in [0.717, 1.165) is 0 Å². The number of aryl methyl sites for hydroxylation is 1. The zero-order valence-corrected chi connectivity index (χ0v) is 11.5. The Bertz CT molecular complexity index is 645. The van der Waals surface area contributed by atoms with Crippen LogP contribution in [0, 0.1) is 5.92 Å². The Morgan fingerprint density at radius 3 is 2.67 bits per heavy atom. The molecule has 0 aromatic carbocycles. The van der Waals surface area contributed by atoms with Crippen molar-refractivity contribution in [3.63, 3.8) is 0 Å². The number of ether oxygens (including phenoxy) is 1. The number of carbonyl (C=O) groups is 4. The van der Waals surface area contributed by atoms with E-state index in [1.165, 1.54) is 10.8 Å². The van der Waals surface area contributed by atoms with Gasteiger partial charge in [0.05, 0.1) is 24.2 Å². The van der Waals surface area contributed by atoms with Crippen molar-refractivity contribution in [1.29, 1.82) is 0 Å². The van der Waals surface area contributed by atoms with Gasteiger partial charge < -0.3 is 19.7 Å². The minimum absolute atomic E-state index is 0.00167. The number of fused-ring (bicyclic) bond motifs is 1. The van der Waals surface area contributed by atoms with Crippen molar-refractivity contribution in [2.75, 3.05) is 11.9 Å². The molecule has 21 heavy (non-hydrogen) atoms. The predicted octanol–water partition coefficient (Wildman–Crippen LogP) is 0.427. The summed E-state index contributed by atoms with van der Waals surface area (Å²) in [6.45, 7) is 1.77. The number of nitrogens with one attached hydrogen (secondary N) is 1. The Hall–Kier alpha value is -2.64. The number of Topliss-reactive ketones (excluding diaryl/α,β-unsaturated/α-hetero) is 1. The fourth-order valence-electron chi connectivity index (χ4n) is 2.25. The quantitative estimate of drug-likeness (QED) is 0.614. The zero-order valence-electron chi connectivity index (χ0n) is 11.5. The molecular formula is C13H14N2O6. The summed E-state index contributed by atoms with van der Waals surface area (Å²) >= 11 is 0. The molecule has 8 nitrogen and oxygen atoms in total. The van der Waals surface area contributed by atoms with E-state index in [-0.39, 0.29) is 23.6 Å². The number of ketones is 1. The van der Waals surface area contributed by atoms with Crippen molar-refractivity contribution in [2.24, 2.45) is 13.0 Å². The molecule has 0 saturated heterocycles. The molecule has 1 atom stereocenters. The summed E-state index contributed by atoms with van der Waals surface area (Å²) in [6, 6.07) is 0. The highest BCUT2D eigenvalue weighted by atomic mass is 16.5. The molecule has 1 amide bonds. The number of carboxylic acids is 1. The lowest BCUT2D eigenvalue weighted by atomic mass is 9.90. The van der Waals surface area contributed by atoms with Crippen LogP contribution in [0.5, 0.6) is 0 Å². The maximum atomic E-state index is 12.4. The van der Waals surface area contributed by atoms with Gasteiger partial charge in [-0.2, -0.15) is 0 Å². The van der Waals surface area contributed by atoms with Crippen molar-refractivity contribution >= 4 is 29.4 Å². The highest BCUT2D eigenvalue weighted by Gasteiger charge is 2.40. The molecule has 1 aromatic heterocycles. The van der Waals surface area contributed by atoms with Crippen LogP contribution in [0.2, 0.25) is 0 Å². The smallest absolute Gasteiger partial charge is 0.340 e. The summed E-state index contributed by atoms with van der Waals surface area (Å²) in [7, 11) is 1.56. The number of amides is 1. The van der Waals surface area contributed by atoms with Gasteiger partial charge in [-0.25, -0.2) is 4.79 Å². The van der Waals surface area contributed by atoms with Gasteiger partial charge in [0.25, 0.3) is 0 Å². The molecule has 8 heteroatoms. The first-order valence-electron chi connectivity index (χ1n) is 6.30. The van der Waals surface area contributed by atoms with E-state index in [9.17, 15) is 19.2 Å². The molecule has 0 bridgehead atoms. The molecule has 2 heterocycles. The van der Waals surface area contributed by atoms with E-state index in [1.807, 2.05) is 0 Å².